The zero-order valence-electron chi connectivity index (χ0n) is 12.7. The fourth-order valence-corrected chi connectivity index (χ4v) is 3.53. The minimum atomic E-state index is -0.321. The SMILES string of the molecule is CC1CCCC(OC[C@H](O)CN2CCCC[C@@H]2C)C1. The Morgan fingerprint density at radius 1 is 1.16 bits per heavy atom. The second-order valence-electron chi connectivity index (χ2n) is 6.72. The van der Waals surface area contributed by atoms with Crippen LogP contribution in [-0.2, 0) is 4.74 Å². The van der Waals surface area contributed by atoms with Crippen LogP contribution in [0.15, 0.2) is 0 Å². The second kappa shape index (κ2) is 7.61. The summed E-state index contributed by atoms with van der Waals surface area (Å²) in [5.74, 6) is 0.790. The molecule has 1 N–H and O–H groups in total. The first-order valence-electron chi connectivity index (χ1n) is 8.19. The molecular weight excluding hydrogens is 238 g/mol. The number of hydrogen-bond donors (Lipinski definition) is 1. The van der Waals surface area contributed by atoms with Crippen molar-refractivity contribution in [3.05, 3.63) is 0 Å². The van der Waals surface area contributed by atoms with Crippen LogP contribution in [-0.4, -0.2) is 48.0 Å². The fraction of sp³-hybridized carbons (Fsp3) is 1.00. The maximum Gasteiger partial charge on any atom is 0.0900 e. The van der Waals surface area contributed by atoms with Crippen LogP contribution in [0.1, 0.15) is 58.8 Å². The van der Waals surface area contributed by atoms with Crippen LogP contribution in [0.5, 0.6) is 0 Å². The molecule has 1 heterocycles. The van der Waals surface area contributed by atoms with Gasteiger partial charge in [-0.25, -0.2) is 0 Å². The molecule has 112 valence electrons. The molecule has 0 aromatic heterocycles. The van der Waals surface area contributed by atoms with Gasteiger partial charge in [0.1, 0.15) is 0 Å². The van der Waals surface area contributed by atoms with Gasteiger partial charge >= 0.3 is 0 Å². The number of ether oxygens (including phenoxy) is 1. The zero-order chi connectivity index (χ0) is 13.7. The van der Waals surface area contributed by atoms with Gasteiger partial charge < -0.3 is 9.84 Å². The Bertz CT molecular complexity index is 259. The number of β-amino-alcohol motifs (C(OH)–C–C–N with tert-alkyl or cyclic N) is 1. The molecule has 3 heteroatoms. The third-order valence-electron chi connectivity index (χ3n) is 4.80. The van der Waals surface area contributed by atoms with E-state index in [0.29, 0.717) is 18.8 Å². The van der Waals surface area contributed by atoms with Crippen LogP contribution in [0.3, 0.4) is 0 Å². The van der Waals surface area contributed by atoms with E-state index in [4.69, 9.17) is 4.74 Å². The molecule has 2 rings (SSSR count). The van der Waals surface area contributed by atoms with Gasteiger partial charge in [-0.3, -0.25) is 4.90 Å². The maximum absolute atomic E-state index is 10.1. The van der Waals surface area contributed by atoms with E-state index in [1.165, 1.54) is 44.9 Å². The molecule has 2 unspecified atom stereocenters. The Morgan fingerprint density at radius 2 is 2.00 bits per heavy atom. The van der Waals surface area contributed by atoms with E-state index >= 15 is 0 Å². The van der Waals surface area contributed by atoms with Crippen LogP contribution in [0.2, 0.25) is 0 Å². The van der Waals surface area contributed by atoms with Crippen molar-refractivity contribution < 1.29 is 9.84 Å². The monoisotopic (exact) mass is 269 g/mol. The number of likely N-dealkylation sites (tertiary alicyclic amines) is 1. The molecule has 0 spiro atoms. The first-order chi connectivity index (χ1) is 9.15. The van der Waals surface area contributed by atoms with Gasteiger partial charge in [-0.05, 0) is 45.1 Å². The molecule has 0 bridgehead atoms. The Hall–Kier alpha value is -0.120. The Kier molecular flexibility index (Phi) is 6.11. The predicted molar refractivity (Wildman–Crippen MR) is 78.3 cm³/mol. The summed E-state index contributed by atoms with van der Waals surface area (Å²) in [5, 5.41) is 10.1. The highest BCUT2D eigenvalue weighted by Crippen LogP contribution is 2.25. The molecule has 1 saturated carbocycles. The lowest BCUT2D eigenvalue weighted by Gasteiger charge is -2.35. The minimum absolute atomic E-state index is 0.321. The van der Waals surface area contributed by atoms with Crippen molar-refractivity contribution in [1.29, 1.82) is 0 Å². The van der Waals surface area contributed by atoms with E-state index in [1.807, 2.05) is 0 Å². The van der Waals surface area contributed by atoms with Gasteiger partial charge in [-0.2, -0.15) is 0 Å². The number of rotatable bonds is 5. The molecule has 0 radical (unpaired) electrons. The second-order valence-corrected chi connectivity index (χ2v) is 6.72. The van der Waals surface area contributed by atoms with Crippen molar-refractivity contribution in [2.24, 2.45) is 5.92 Å². The fourth-order valence-electron chi connectivity index (χ4n) is 3.53. The van der Waals surface area contributed by atoms with Crippen LogP contribution in [0.25, 0.3) is 0 Å². The predicted octanol–water partition coefficient (Wildman–Crippen LogP) is 2.82. The molecule has 0 amide bonds. The van der Waals surface area contributed by atoms with E-state index in [1.54, 1.807) is 0 Å². The molecule has 19 heavy (non-hydrogen) atoms. The first-order valence-corrected chi connectivity index (χ1v) is 8.19. The summed E-state index contributed by atoms with van der Waals surface area (Å²) in [6, 6.07) is 0.623. The van der Waals surface area contributed by atoms with Gasteiger partial charge in [0.25, 0.3) is 0 Å². The lowest BCUT2D eigenvalue weighted by atomic mass is 9.89. The van der Waals surface area contributed by atoms with Crippen LogP contribution in [0.4, 0.5) is 0 Å². The number of aliphatic hydroxyl groups is 1. The molecule has 2 aliphatic rings. The van der Waals surface area contributed by atoms with Gasteiger partial charge in [0.2, 0.25) is 0 Å². The number of piperidine rings is 1. The molecule has 1 aliphatic carbocycles. The van der Waals surface area contributed by atoms with Gasteiger partial charge in [0, 0.05) is 12.6 Å². The van der Waals surface area contributed by atoms with Crippen molar-refractivity contribution >= 4 is 0 Å². The van der Waals surface area contributed by atoms with E-state index in [0.717, 1.165) is 19.0 Å². The largest absolute Gasteiger partial charge is 0.389 e. The molecule has 1 saturated heterocycles. The van der Waals surface area contributed by atoms with Gasteiger partial charge in [0.05, 0.1) is 18.8 Å². The smallest absolute Gasteiger partial charge is 0.0900 e. The number of nitrogens with zero attached hydrogens (tertiary/aromatic N) is 1. The molecule has 2 fully saturated rings. The summed E-state index contributed by atoms with van der Waals surface area (Å²) >= 11 is 0. The van der Waals surface area contributed by atoms with Crippen molar-refractivity contribution in [3.63, 3.8) is 0 Å². The molecule has 1 aliphatic heterocycles. The van der Waals surface area contributed by atoms with E-state index in [2.05, 4.69) is 18.7 Å². The topological polar surface area (TPSA) is 32.7 Å². The van der Waals surface area contributed by atoms with Crippen molar-refractivity contribution in [2.75, 3.05) is 19.7 Å². The van der Waals surface area contributed by atoms with Crippen LogP contribution >= 0.6 is 0 Å². The number of hydrogen-bond acceptors (Lipinski definition) is 3. The summed E-state index contributed by atoms with van der Waals surface area (Å²) in [6.07, 6.45) is 8.92. The lowest BCUT2D eigenvalue weighted by molar-refractivity contribution is -0.0447. The summed E-state index contributed by atoms with van der Waals surface area (Å²) in [7, 11) is 0. The van der Waals surface area contributed by atoms with Gasteiger partial charge in [0.15, 0.2) is 0 Å². The Balaban J connectivity index is 1.64. The average molecular weight is 269 g/mol. The van der Waals surface area contributed by atoms with Crippen LogP contribution in [0, 0.1) is 5.92 Å². The summed E-state index contributed by atoms with van der Waals surface area (Å²) in [4.78, 5) is 2.42. The maximum atomic E-state index is 10.1. The third kappa shape index (κ3) is 5.05. The molecule has 4 atom stereocenters. The standard InChI is InChI=1S/C16H31NO2/c1-13-6-5-8-16(10-13)19-12-15(18)11-17-9-4-3-7-14(17)2/h13-16,18H,3-12H2,1-2H3/t13?,14-,15+,16?/m0/s1. The highest BCUT2D eigenvalue weighted by atomic mass is 16.5. The third-order valence-corrected chi connectivity index (χ3v) is 4.80. The quantitative estimate of drug-likeness (QED) is 0.833. The van der Waals surface area contributed by atoms with Crippen molar-refractivity contribution in [3.8, 4) is 0 Å². The highest BCUT2D eigenvalue weighted by molar-refractivity contribution is 4.76. The molecular formula is C16H31NO2. The van der Waals surface area contributed by atoms with Gasteiger partial charge in [-0.15, -0.1) is 0 Å². The molecule has 3 nitrogen and oxygen atoms in total. The molecule has 0 aromatic rings. The lowest BCUT2D eigenvalue weighted by Crippen LogP contribution is -2.43. The zero-order valence-corrected chi connectivity index (χ0v) is 12.7. The first kappa shape index (κ1) is 15.3. The number of aliphatic hydroxyl groups excluding tert-OH is 1. The van der Waals surface area contributed by atoms with Crippen LogP contribution < -0.4 is 0 Å². The molecule has 0 aromatic carbocycles. The van der Waals surface area contributed by atoms with Crippen molar-refractivity contribution in [2.45, 2.75) is 77.0 Å². The van der Waals surface area contributed by atoms with Crippen molar-refractivity contribution in [1.82, 2.24) is 4.90 Å². The summed E-state index contributed by atoms with van der Waals surface area (Å²) < 4.78 is 5.92. The van der Waals surface area contributed by atoms with E-state index < -0.39 is 0 Å². The minimum Gasteiger partial charge on any atom is -0.389 e. The van der Waals surface area contributed by atoms with Gasteiger partial charge in [-0.1, -0.05) is 26.2 Å². The highest BCUT2D eigenvalue weighted by Gasteiger charge is 2.23. The Morgan fingerprint density at radius 3 is 2.74 bits per heavy atom. The summed E-state index contributed by atoms with van der Waals surface area (Å²) in [6.45, 7) is 7.01. The normalized spacial score (nSPS) is 35.2. The average Bonchev–Trinajstić information content (AvgIpc) is 2.39. The van der Waals surface area contributed by atoms with E-state index in [9.17, 15) is 5.11 Å². The summed E-state index contributed by atoms with van der Waals surface area (Å²) in [5.41, 5.74) is 0. The Labute approximate surface area is 118 Å². The van der Waals surface area contributed by atoms with E-state index in [-0.39, 0.29) is 6.10 Å².